The van der Waals surface area contributed by atoms with Crippen molar-refractivity contribution in [2.75, 3.05) is 7.11 Å². The molecule has 0 N–H and O–H groups in total. The van der Waals surface area contributed by atoms with Crippen LogP contribution in [0, 0.1) is 11.8 Å². The molecule has 1 aliphatic rings. The highest BCUT2D eigenvalue weighted by Crippen LogP contribution is 2.37. The Balaban J connectivity index is 2.47. The van der Waals surface area contributed by atoms with Crippen molar-refractivity contribution in [2.24, 2.45) is 11.8 Å². The summed E-state index contributed by atoms with van der Waals surface area (Å²) in [5.41, 5.74) is -0.0260. The number of Topliss-reactive ketones (excluding diaryl/α,β-unsaturated/α-hetero) is 1. The van der Waals surface area contributed by atoms with Crippen molar-refractivity contribution < 1.29 is 9.53 Å². The molecule has 0 spiro atoms. The van der Waals surface area contributed by atoms with Crippen molar-refractivity contribution in [3.63, 3.8) is 0 Å². The van der Waals surface area contributed by atoms with Gasteiger partial charge in [0.15, 0.2) is 0 Å². The van der Waals surface area contributed by atoms with Gasteiger partial charge < -0.3 is 4.74 Å². The smallest absolute Gasteiger partial charge is 0.132 e. The highest BCUT2D eigenvalue weighted by molar-refractivity contribution is 5.78. The summed E-state index contributed by atoms with van der Waals surface area (Å²) < 4.78 is 5.49. The third-order valence-electron chi connectivity index (χ3n) is 3.81. The molecule has 2 heteroatoms. The normalized spacial score (nSPS) is 28.9. The van der Waals surface area contributed by atoms with Gasteiger partial charge in [-0.3, -0.25) is 4.79 Å². The second-order valence-electron chi connectivity index (χ2n) is 4.97. The summed E-state index contributed by atoms with van der Waals surface area (Å²) in [6, 6.07) is 0. The van der Waals surface area contributed by atoms with Gasteiger partial charge in [0.25, 0.3) is 0 Å². The van der Waals surface area contributed by atoms with E-state index in [1.165, 1.54) is 0 Å². The fourth-order valence-electron chi connectivity index (χ4n) is 2.36. The second kappa shape index (κ2) is 4.43. The molecule has 0 bridgehead atoms. The van der Waals surface area contributed by atoms with Crippen LogP contribution in [0.3, 0.4) is 0 Å². The lowest BCUT2D eigenvalue weighted by molar-refractivity contribution is -0.123. The van der Waals surface area contributed by atoms with Crippen molar-refractivity contribution in [2.45, 2.75) is 52.1 Å². The summed E-state index contributed by atoms with van der Waals surface area (Å²) in [5, 5.41) is 0. The van der Waals surface area contributed by atoms with E-state index in [0.717, 1.165) is 25.7 Å². The Morgan fingerprint density at radius 2 is 1.71 bits per heavy atom. The summed E-state index contributed by atoms with van der Waals surface area (Å²) in [5.74, 6) is 1.29. The first-order valence-corrected chi connectivity index (χ1v) is 5.53. The second-order valence-corrected chi connectivity index (χ2v) is 4.97. The average Bonchev–Trinajstić information content (AvgIpc) is 2.18. The van der Waals surface area contributed by atoms with Gasteiger partial charge in [0.2, 0.25) is 0 Å². The van der Waals surface area contributed by atoms with Crippen LogP contribution < -0.4 is 0 Å². The van der Waals surface area contributed by atoms with Gasteiger partial charge in [-0.15, -0.1) is 0 Å². The van der Waals surface area contributed by atoms with Gasteiger partial charge in [-0.1, -0.05) is 0 Å². The van der Waals surface area contributed by atoms with E-state index in [2.05, 4.69) is 13.8 Å². The Kier molecular flexibility index (Phi) is 3.71. The molecule has 1 fully saturated rings. The molecule has 0 saturated heterocycles. The van der Waals surface area contributed by atoms with Crippen molar-refractivity contribution >= 4 is 5.78 Å². The molecule has 82 valence electrons. The molecule has 0 aromatic heterocycles. The van der Waals surface area contributed by atoms with Gasteiger partial charge in [-0.2, -0.15) is 0 Å². The lowest BCUT2D eigenvalue weighted by atomic mass is 9.74. The number of ketones is 1. The van der Waals surface area contributed by atoms with E-state index in [4.69, 9.17) is 4.74 Å². The van der Waals surface area contributed by atoms with Crippen LogP contribution in [0.25, 0.3) is 0 Å². The van der Waals surface area contributed by atoms with Gasteiger partial charge in [-0.25, -0.2) is 0 Å². The SMILES string of the molecule is COC(C)(C)C1CCC(C(C)=O)CC1. The minimum Gasteiger partial charge on any atom is -0.379 e. The topological polar surface area (TPSA) is 26.3 Å². The van der Waals surface area contributed by atoms with Gasteiger partial charge in [0, 0.05) is 13.0 Å². The molecule has 1 saturated carbocycles. The summed E-state index contributed by atoms with van der Waals surface area (Å²) in [6.45, 7) is 6.00. The van der Waals surface area contributed by atoms with E-state index in [1.54, 1.807) is 14.0 Å². The quantitative estimate of drug-likeness (QED) is 0.697. The fraction of sp³-hybridized carbons (Fsp3) is 0.917. The zero-order chi connectivity index (χ0) is 10.8. The summed E-state index contributed by atoms with van der Waals surface area (Å²) in [6.07, 6.45) is 4.36. The third-order valence-corrected chi connectivity index (χ3v) is 3.81. The molecule has 0 unspecified atom stereocenters. The maximum Gasteiger partial charge on any atom is 0.132 e. The van der Waals surface area contributed by atoms with E-state index >= 15 is 0 Å². The van der Waals surface area contributed by atoms with Crippen LogP contribution in [-0.4, -0.2) is 18.5 Å². The highest BCUT2D eigenvalue weighted by atomic mass is 16.5. The predicted octanol–water partition coefficient (Wildman–Crippen LogP) is 2.81. The fourth-order valence-corrected chi connectivity index (χ4v) is 2.36. The van der Waals surface area contributed by atoms with Crippen LogP contribution in [0.15, 0.2) is 0 Å². The molecule has 0 heterocycles. The first kappa shape index (κ1) is 11.7. The van der Waals surface area contributed by atoms with Crippen molar-refractivity contribution in [3.05, 3.63) is 0 Å². The van der Waals surface area contributed by atoms with Crippen molar-refractivity contribution in [1.29, 1.82) is 0 Å². The molecule has 1 aliphatic carbocycles. The molecule has 14 heavy (non-hydrogen) atoms. The van der Waals surface area contributed by atoms with Crippen LogP contribution >= 0.6 is 0 Å². The van der Waals surface area contributed by atoms with E-state index in [9.17, 15) is 4.79 Å². The predicted molar refractivity (Wildman–Crippen MR) is 57.2 cm³/mol. The maximum atomic E-state index is 11.2. The number of hydrogen-bond acceptors (Lipinski definition) is 2. The first-order valence-electron chi connectivity index (χ1n) is 5.53. The van der Waals surface area contributed by atoms with Crippen LogP contribution in [0.1, 0.15) is 46.5 Å². The van der Waals surface area contributed by atoms with E-state index in [0.29, 0.717) is 17.6 Å². The van der Waals surface area contributed by atoms with Gasteiger partial charge in [0.05, 0.1) is 5.60 Å². The van der Waals surface area contributed by atoms with Crippen LogP contribution in [0.4, 0.5) is 0 Å². The molecule has 0 atom stereocenters. The Hall–Kier alpha value is -0.370. The summed E-state index contributed by atoms with van der Waals surface area (Å²) in [7, 11) is 1.77. The largest absolute Gasteiger partial charge is 0.379 e. The molecule has 0 amide bonds. The maximum absolute atomic E-state index is 11.2. The van der Waals surface area contributed by atoms with Crippen molar-refractivity contribution in [3.8, 4) is 0 Å². The van der Waals surface area contributed by atoms with E-state index in [1.807, 2.05) is 0 Å². The van der Waals surface area contributed by atoms with Gasteiger partial charge in [-0.05, 0) is 52.4 Å². The minimum atomic E-state index is -0.0260. The Bertz CT molecular complexity index is 200. The molecule has 0 aliphatic heterocycles. The summed E-state index contributed by atoms with van der Waals surface area (Å²) >= 11 is 0. The Morgan fingerprint density at radius 3 is 2.07 bits per heavy atom. The number of carbonyl (C=O) groups is 1. The molecule has 0 aromatic carbocycles. The Labute approximate surface area is 87.0 Å². The standard InChI is InChI=1S/C12H22O2/c1-9(13)10-5-7-11(8-6-10)12(2,3)14-4/h10-11H,5-8H2,1-4H3. The minimum absolute atomic E-state index is 0.0260. The molecular weight excluding hydrogens is 176 g/mol. The van der Waals surface area contributed by atoms with Gasteiger partial charge in [0.1, 0.15) is 5.78 Å². The monoisotopic (exact) mass is 198 g/mol. The molecule has 2 nitrogen and oxygen atoms in total. The Morgan fingerprint density at radius 1 is 1.21 bits per heavy atom. The number of carbonyl (C=O) groups excluding carboxylic acids is 1. The van der Waals surface area contributed by atoms with Gasteiger partial charge >= 0.3 is 0 Å². The zero-order valence-corrected chi connectivity index (χ0v) is 9.80. The lowest BCUT2D eigenvalue weighted by Gasteiger charge is -2.37. The van der Waals surface area contributed by atoms with Crippen molar-refractivity contribution in [1.82, 2.24) is 0 Å². The third kappa shape index (κ3) is 2.57. The van der Waals surface area contributed by atoms with E-state index in [-0.39, 0.29) is 5.60 Å². The van der Waals surface area contributed by atoms with E-state index < -0.39 is 0 Å². The number of rotatable bonds is 3. The number of hydrogen-bond donors (Lipinski definition) is 0. The average molecular weight is 198 g/mol. The van der Waals surface area contributed by atoms with Crippen LogP contribution in [0.5, 0.6) is 0 Å². The van der Waals surface area contributed by atoms with Crippen LogP contribution in [0.2, 0.25) is 0 Å². The molecule has 0 aromatic rings. The zero-order valence-electron chi connectivity index (χ0n) is 9.80. The van der Waals surface area contributed by atoms with Crippen LogP contribution in [-0.2, 0) is 9.53 Å². The number of ether oxygens (including phenoxy) is 1. The highest BCUT2D eigenvalue weighted by Gasteiger charge is 2.33. The number of methoxy groups -OCH3 is 1. The summed E-state index contributed by atoms with van der Waals surface area (Å²) in [4.78, 5) is 11.2. The molecular formula is C12H22O2. The lowest BCUT2D eigenvalue weighted by Crippen LogP contribution is -2.36. The first-order chi connectivity index (χ1) is 6.47. The molecule has 1 rings (SSSR count). The molecule has 0 radical (unpaired) electrons.